The molecule has 7 nitrogen and oxygen atoms in total. The van der Waals surface area contributed by atoms with Gasteiger partial charge in [-0.05, 0) is 35.4 Å². The van der Waals surface area contributed by atoms with E-state index in [-0.39, 0.29) is 31.1 Å². The van der Waals surface area contributed by atoms with Gasteiger partial charge >= 0.3 is 11.9 Å². The molecule has 2 aromatic rings. The number of hydrogen-bond acceptors (Lipinski definition) is 7. The minimum absolute atomic E-state index is 0.0273. The van der Waals surface area contributed by atoms with Crippen molar-refractivity contribution in [3.63, 3.8) is 0 Å². The van der Waals surface area contributed by atoms with Crippen LogP contribution >= 0.6 is 11.6 Å². The number of hydrogen-bond donors (Lipinski definition) is 1. The summed E-state index contributed by atoms with van der Waals surface area (Å²) < 4.78 is 21.1. The lowest BCUT2D eigenvalue weighted by atomic mass is 9.78. The average molecular weight is 479 g/mol. The molecular formula is C25H31ClO7. The Morgan fingerprint density at radius 2 is 1.33 bits per heavy atom. The van der Waals surface area contributed by atoms with Crippen LogP contribution in [0.3, 0.4) is 0 Å². The predicted molar refractivity (Wildman–Crippen MR) is 125 cm³/mol. The topological polar surface area (TPSA) is 91.3 Å². The third-order valence-corrected chi connectivity index (χ3v) is 5.36. The first-order valence-electron chi connectivity index (χ1n) is 10.6. The van der Waals surface area contributed by atoms with Crippen molar-refractivity contribution in [3.05, 3.63) is 59.7 Å². The Morgan fingerprint density at radius 1 is 0.848 bits per heavy atom. The molecule has 0 fully saturated rings. The predicted octanol–water partition coefficient (Wildman–Crippen LogP) is 3.86. The first-order chi connectivity index (χ1) is 15.6. The monoisotopic (exact) mass is 478 g/mol. The fourth-order valence-corrected chi connectivity index (χ4v) is 3.24. The van der Waals surface area contributed by atoms with Gasteiger partial charge in [0.1, 0.15) is 43.5 Å². The Labute approximate surface area is 199 Å². The summed E-state index contributed by atoms with van der Waals surface area (Å²) in [5.41, 5.74) is 1.90. The molecule has 33 heavy (non-hydrogen) atoms. The highest BCUT2D eigenvalue weighted by Crippen LogP contribution is 2.33. The standard InChI is InChI=1S/C25H31ClO7/c1-17(27)30-14-21(29)15-31-22-9-5-19(6-10-22)25(3,4)20-7-11-23(12-8-20)32-16-24(13-26)33-18(2)28/h5-12,21,24,29H,13-16H2,1-4H3. The van der Waals surface area contributed by atoms with Crippen LogP contribution in [0.5, 0.6) is 11.5 Å². The van der Waals surface area contributed by atoms with Crippen LogP contribution in [0.15, 0.2) is 48.5 Å². The van der Waals surface area contributed by atoms with Gasteiger partial charge in [0.05, 0.1) is 5.88 Å². The van der Waals surface area contributed by atoms with Gasteiger partial charge in [-0.3, -0.25) is 9.59 Å². The highest BCUT2D eigenvalue weighted by atomic mass is 35.5. The zero-order chi connectivity index (χ0) is 24.4. The number of rotatable bonds is 12. The van der Waals surface area contributed by atoms with Crippen molar-refractivity contribution < 1.29 is 33.6 Å². The molecule has 0 aliphatic carbocycles. The summed E-state index contributed by atoms with van der Waals surface area (Å²) in [5, 5.41) is 9.79. The van der Waals surface area contributed by atoms with Crippen molar-refractivity contribution in [2.45, 2.75) is 45.3 Å². The number of aliphatic hydroxyl groups is 1. The van der Waals surface area contributed by atoms with Crippen molar-refractivity contribution in [2.24, 2.45) is 0 Å². The smallest absolute Gasteiger partial charge is 0.303 e. The van der Waals surface area contributed by atoms with Gasteiger partial charge in [-0.25, -0.2) is 0 Å². The Bertz CT molecular complexity index is 894. The molecule has 0 spiro atoms. The number of alkyl halides is 1. The van der Waals surface area contributed by atoms with Crippen molar-refractivity contribution in [1.82, 2.24) is 0 Å². The summed E-state index contributed by atoms with van der Waals surface area (Å²) in [4.78, 5) is 21.9. The van der Waals surface area contributed by atoms with Crippen LogP contribution in [-0.2, 0) is 24.5 Å². The molecule has 1 N–H and O–H groups in total. The fourth-order valence-electron chi connectivity index (χ4n) is 3.09. The Balaban J connectivity index is 1.95. The van der Waals surface area contributed by atoms with Crippen LogP contribution in [0.4, 0.5) is 0 Å². The molecule has 0 aliphatic rings. The number of carbonyl (C=O) groups is 2. The van der Waals surface area contributed by atoms with Crippen LogP contribution < -0.4 is 9.47 Å². The van der Waals surface area contributed by atoms with Gasteiger partial charge in [0.15, 0.2) is 0 Å². The van der Waals surface area contributed by atoms with Crippen molar-refractivity contribution >= 4 is 23.5 Å². The maximum absolute atomic E-state index is 11.1. The van der Waals surface area contributed by atoms with Gasteiger partial charge in [-0.15, -0.1) is 11.6 Å². The molecule has 8 heteroatoms. The summed E-state index contributed by atoms with van der Waals surface area (Å²) in [6, 6.07) is 15.4. The van der Waals surface area contributed by atoms with Crippen LogP contribution in [-0.4, -0.2) is 55.0 Å². The van der Waals surface area contributed by atoms with Gasteiger partial charge < -0.3 is 24.1 Å². The van der Waals surface area contributed by atoms with E-state index >= 15 is 0 Å². The van der Waals surface area contributed by atoms with Gasteiger partial charge in [0.2, 0.25) is 0 Å². The molecular weight excluding hydrogens is 448 g/mol. The zero-order valence-corrected chi connectivity index (χ0v) is 20.1. The Kier molecular flexibility index (Phi) is 10.0. The fraction of sp³-hybridized carbons (Fsp3) is 0.440. The normalized spacial score (nSPS) is 13.0. The third-order valence-electron chi connectivity index (χ3n) is 5.01. The lowest BCUT2D eigenvalue weighted by Gasteiger charge is -2.26. The molecule has 0 aromatic heterocycles. The summed E-state index contributed by atoms with van der Waals surface area (Å²) in [6.07, 6.45) is -1.39. The molecule has 2 atom stereocenters. The van der Waals surface area contributed by atoms with Crippen molar-refractivity contribution in [3.8, 4) is 11.5 Å². The molecule has 0 bridgehead atoms. The van der Waals surface area contributed by atoms with Gasteiger partial charge in [0.25, 0.3) is 0 Å². The van der Waals surface area contributed by atoms with Crippen LogP contribution in [0.2, 0.25) is 0 Å². The van der Waals surface area contributed by atoms with Crippen molar-refractivity contribution in [1.29, 1.82) is 0 Å². The zero-order valence-electron chi connectivity index (χ0n) is 19.4. The van der Waals surface area contributed by atoms with E-state index in [1.54, 1.807) is 0 Å². The van der Waals surface area contributed by atoms with Crippen LogP contribution in [0.1, 0.15) is 38.8 Å². The number of halogens is 1. The largest absolute Gasteiger partial charge is 0.491 e. The first-order valence-corrected chi connectivity index (χ1v) is 11.2. The maximum atomic E-state index is 11.1. The highest BCUT2D eigenvalue weighted by molar-refractivity contribution is 6.18. The van der Waals surface area contributed by atoms with E-state index in [2.05, 4.69) is 13.8 Å². The first kappa shape index (κ1) is 26.5. The molecule has 2 rings (SSSR count). The molecule has 2 aromatic carbocycles. The molecule has 0 aliphatic heterocycles. The summed E-state index contributed by atoms with van der Waals surface area (Å²) >= 11 is 5.81. The summed E-state index contributed by atoms with van der Waals surface area (Å²) in [7, 11) is 0. The molecule has 2 unspecified atom stereocenters. The van der Waals surface area contributed by atoms with Crippen LogP contribution in [0.25, 0.3) is 0 Å². The van der Waals surface area contributed by atoms with E-state index in [0.717, 1.165) is 11.1 Å². The summed E-state index contributed by atoms with van der Waals surface area (Å²) in [6.45, 7) is 6.97. The second-order valence-electron chi connectivity index (χ2n) is 8.14. The molecule has 0 saturated carbocycles. The maximum Gasteiger partial charge on any atom is 0.303 e. The van der Waals surface area contributed by atoms with Crippen molar-refractivity contribution in [2.75, 3.05) is 25.7 Å². The Hall–Kier alpha value is -2.77. The molecule has 180 valence electrons. The van der Waals surface area contributed by atoms with E-state index in [0.29, 0.717) is 11.5 Å². The van der Waals surface area contributed by atoms with Gasteiger partial charge in [-0.1, -0.05) is 38.1 Å². The van der Waals surface area contributed by atoms with E-state index in [4.69, 9.17) is 30.5 Å². The third kappa shape index (κ3) is 8.59. The van der Waals surface area contributed by atoms with Gasteiger partial charge in [-0.2, -0.15) is 0 Å². The second-order valence-corrected chi connectivity index (χ2v) is 8.45. The highest BCUT2D eigenvalue weighted by Gasteiger charge is 2.23. The molecule has 0 heterocycles. The lowest BCUT2D eigenvalue weighted by Crippen LogP contribution is -2.25. The quantitative estimate of drug-likeness (QED) is 0.366. The van der Waals surface area contributed by atoms with E-state index < -0.39 is 24.1 Å². The number of esters is 2. The molecule has 0 saturated heterocycles. The van der Waals surface area contributed by atoms with E-state index in [1.165, 1.54) is 13.8 Å². The van der Waals surface area contributed by atoms with Gasteiger partial charge in [0, 0.05) is 19.3 Å². The minimum atomic E-state index is -0.889. The number of aliphatic hydroxyl groups excluding tert-OH is 1. The summed E-state index contributed by atoms with van der Waals surface area (Å²) in [5.74, 6) is 0.600. The van der Waals surface area contributed by atoms with Crippen LogP contribution in [0, 0.1) is 0 Å². The minimum Gasteiger partial charge on any atom is -0.491 e. The number of ether oxygens (including phenoxy) is 4. The lowest BCUT2D eigenvalue weighted by molar-refractivity contribution is -0.146. The van der Waals surface area contributed by atoms with E-state index in [1.807, 2.05) is 48.5 Å². The number of benzene rings is 2. The molecule has 0 amide bonds. The second kappa shape index (κ2) is 12.5. The molecule has 0 radical (unpaired) electrons. The average Bonchev–Trinajstić information content (AvgIpc) is 2.79. The Morgan fingerprint density at radius 3 is 1.76 bits per heavy atom. The SMILES string of the molecule is CC(=O)OCC(O)COc1ccc(C(C)(C)c2ccc(OCC(CCl)OC(C)=O)cc2)cc1. The van der Waals surface area contributed by atoms with E-state index in [9.17, 15) is 14.7 Å². The number of carbonyl (C=O) groups excluding carboxylic acids is 2.